The molecule has 0 spiro atoms. The lowest BCUT2D eigenvalue weighted by atomic mass is 9.85. The molecule has 2 aliphatic rings. The summed E-state index contributed by atoms with van der Waals surface area (Å²) < 4.78 is 12.1. The van der Waals surface area contributed by atoms with Gasteiger partial charge in [0.25, 0.3) is 0 Å². The van der Waals surface area contributed by atoms with Crippen molar-refractivity contribution in [3.63, 3.8) is 0 Å². The Morgan fingerprint density at radius 3 is 2.56 bits per heavy atom. The first-order valence-electron chi connectivity index (χ1n) is 6.60. The molecule has 2 aliphatic heterocycles. The average Bonchev–Trinajstić information content (AvgIpc) is 2.38. The van der Waals surface area contributed by atoms with Gasteiger partial charge in [0.05, 0.1) is 0 Å². The molecule has 2 atom stereocenters. The van der Waals surface area contributed by atoms with Crippen molar-refractivity contribution in [2.75, 3.05) is 0 Å². The fourth-order valence-electron chi connectivity index (χ4n) is 3.17. The maximum Gasteiger partial charge on any atom is 0.184 e. The number of fused-ring (bicyclic) bond motifs is 2. The van der Waals surface area contributed by atoms with E-state index in [9.17, 15) is 9.00 Å². The highest BCUT2D eigenvalue weighted by molar-refractivity contribution is 7.86. The van der Waals surface area contributed by atoms with Gasteiger partial charge in [0.15, 0.2) is 5.78 Å². The molecule has 3 nitrogen and oxygen atoms in total. The van der Waals surface area contributed by atoms with Gasteiger partial charge in [0.2, 0.25) is 0 Å². The Hall–Kier alpha value is -1.03. The molecule has 0 aromatic carbocycles. The fourth-order valence-corrected chi connectivity index (χ4v) is 5.35. The Morgan fingerprint density at radius 2 is 1.94 bits per heavy atom. The normalized spacial score (nSPS) is 35.1. The summed E-state index contributed by atoms with van der Waals surface area (Å²) in [5, 5.41) is 0.491. The van der Waals surface area contributed by atoms with Crippen molar-refractivity contribution in [2.45, 2.75) is 42.6 Å². The van der Waals surface area contributed by atoms with E-state index < -0.39 is 10.8 Å². The second-order valence-corrected chi connectivity index (χ2v) is 7.24. The Kier molecular flexibility index (Phi) is 3.29. The van der Waals surface area contributed by atoms with E-state index in [2.05, 4.69) is 4.98 Å². The first-order chi connectivity index (χ1) is 8.75. The molecule has 2 bridgehead atoms. The summed E-state index contributed by atoms with van der Waals surface area (Å²) in [4.78, 5) is 16.5. The molecule has 0 amide bonds. The van der Waals surface area contributed by atoms with E-state index in [1.807, 2.05) is 12.1 Å². The number of hydrogen-bond acceptors (Lipinski definition) is 3. The second-order valence-electron chi connectivity index (χ2n) is 5.25. The number of carbonyl (C=O) groups excluding carboxylic acids is 1. The molecule has 3 heterocycles. The highest BCUT2D eigenvalue weighted by Crippen LogP contribution is 2.37. The van der Waals surface area contributed by atoms with Crippen LogP contribution >= 0.6 is 0 Å². The third-order valence-electron chi connectivity index (χ3n) is 4.09. The van der Waals surface area contributed by atoms with E-state index in [0.717, 1.165) is 25.7 Å². The van der Waals surface area contributed by atoms with Crippen LogP contribution in [0.2, 0.25) is 0 Å². The van der Waals surface area contributed by atoms with Crippen molar-refractivity contribution in [3.8, 4) is 0 Å². The summed E-state index contributed by atoms with van der Waals surface area (Å²) in [5.41, 5.74) is 0.563. The van der Waals surface area contributed by atoms with Gasteiger partial charge in [-0.05, 0) is 37.8 Å². The number of aromatic nitrogens is 1. The van der Waals surface area contributed by atoms with E-state index in [4.69, 9.17) is 0 Å². The molecular weight excluding hydrogens is 246 g/mol. The molecule has 4 heteroatoms. The van der Waals surface area contributed by atoms with Crippen LogP contribution in [0.4, 0.5) is 0 Å². The van der Waals surface area contributed by atoms with Crippen molar-refractivity contribution >= 4 is 16.6 Å². The lowest BCUT2D eigenvalue weighted by Gasteiger charge is -2.37. The van der Waals surface area contributed by atoms with Crippen molar-refractivity contribution < 1.29 is 9.00 Å². The third kappa shape index (κ3) is 2.14. The second kappa shape index (κ2) is 4.92. The van der Waals surface area contributed by atoms with E-state index >= 15 is 0 Å². The Labute approximate surface area is 109 Å². The fraction of sp³-hybridized carbons (Fsp3) is 0.571. The Morgan fingerprint density at radius 1 is 1.22 bits per heavy atom. The molecule has 0 N–H and O–H groups in total. The zero-order valence-corrected chi connectivity index (χ0v) is 11.1. The van der Waals surface area contributed by atoms with Crippen LogP contribution < -0.4 is 0 Å². The summed E-state index contributed by atoms with van der Waals surface area (Å²) in [5.74, 6) is 0.178. The van der Waals surface area contributed by atoms with Gasteiger partial charge in [0.1, 0.15) is 5.69 Å². The quantitative estimate of drug-likeness (QED) is 0.769. The van der Waals surface area contributed by atoms with Gasteiger partial charge in [0, 0.05) is 33.4 Å². The molecule has 1 aromatic heterocycles. The third-order valence-corrected chi connectivity index (χ3v) is 6.26. The topological polar surface area (TPSA) is 47.0 Å². The van der Waals surface area contributed by atoms with Gasteiger partial charge in [-0.15, -0.1) is 0 Å². The van der Waals surface area contributed by atoms with Crippen LogP contribution in [-0.2, 0) is 10.8 Å². The molecule has 0 radical (unpaired) electrons. The summed E-state index contributed by atoms with van der Waals surface area (Å²) in [7, 11) is -0.702. The number of pyridine rings is 1. The van der Waals surface area contributed by atoms with Crippen LogP contribution in [0.1, 0.15) is 42.6 Å². The minimum atomic E-state index is -0.702. The van der Waals surface area contributed by atoms with Crippen molar-refractivity contribution in [1.82, 2.24) is 4.98 Å². The number of hydrogen-bond donors (Lipinski definition) is 0. The molecule has 2 saturated heterocycles. The largest absolute Gasteiger partial charge is 0.292 e. The van der Waals surface area contributed by atoms with Gasteiger partial charge >= 0.3 is 0 Å². The predicted molar refractivity (Wildman–Crippen MR) is 70.9 cm³/mol. The van der Waals surface area contributed by atoms with Gasteiger partial charge < -0.3 is 0 Å². The van der Waals surface area contributed by atoms with Gasteiger partial charge in [-0.25, -0.2) is 0 Å². The van der Waals surface area contributed by atoms with Crippen LogP contribution in [0.15, 0.2) is 24.4 Å². The molecule has 2 fully saturated rings. The molecule has 1 aromatic rings. The molecule has 0 saturated carbocycles. The van der Waals surface area contributed by atoms with Crippen LogP contribution in [0.3, 0.4) is 0 Å². The lowest BCUT2D eigenvalue weighted by Crippen LogP contribution is -2.41. The number of rotatable bonds is 2. The van der Waals surface area contributed by atoms with Crippen molar-refractivity contribution in [2.24, 2.45) is 5.92 Å². The Balaban J connectivity index is 1.78. The summed E-state index contributed by atoms with van der Waals surface area (Å²) in [6, 6.07) is 5.45. The number of carbonyl (C=O) groups is 1. The molecule has 18 heavy (non-hydrogen) atoms. The average molecular weight is 263 g/mol. The minimum absolute atomic E-state index is 0.0351. The molecule has 2 unspecified atom stereocenters. The first-order valence-corrected chi connectivity index (χ1v) is 7.88. The highest BCUT2D eigenvalue weighted by atomic mass is 32.2. The molecule has 96 valence electrons. The van der Waals surface area contributed by atoms with Gasteiger partial charge in [-0.2, -0.15) is 0 Å². The number of ketones is 1. The number of nitrogens with zero attached hydrogens (tertiary/aromatic N) is 1. The maximum absolute atomic E-state index is 12.4. The SMILES string of the molecule is O=C(c1ccccn1)C1CC2CCCC(C1)S2=O. The predicted octanol–water partition coefficient (Wildman–Crippen LogP) is 2.34. The van der Waals surface area contributed by atoms with E-state index in [-0.39, 0.29) is 22.2 Å². The van der Waals surface area contributed by atoms with Crippen molar-refractivity contribution in [3.05, 3.63) is 30.1 Å². The van der Waals surface area contributed by atoms with E-state index in [0.29, 0.717) is 5.69 Å². The highest BCUT2D eigenvalue weighted by Gasteiger charge is 2.40. The van der Waals surface area contributed by atoms with Crippen LogP contribution in [0.25, 0.3) is 0 Å². The maximum atomic E-state index is 12.4. The van der Waals surface area contributed by atoms with Crippen LogP contribution in [0, 0.1) is 5.92 Å². The summed E-state index contributed by atoms with van der Waals surface area (Å²) in [6.45, 7) is 0. The van der Waals surface area contributed by atoms with Gasteiger partial charge in [-0.1, -0.05) is 12.5 Å². The number of Topliss-reactive ketones (excluding diaryl/α,β-unsaturated/α-hetero) is 1. The standard InChI is InChI=1S/C14H17NO2S/c16-14(13-6-1-2-7-15-13)10-8-11-4-3-5-12(9-10)18(11)17/h1-2,6-7,10-12H,3-5,8-9H2. The molecular formula is C14H17NO2S. The van der Waals surface area contributed by atoms with E-state index in [1.54, 1.807) is 12.3 Å². The molecule has 3 rings (SSSR count). The zero-order chi connectivity index (χ0) is 12.5. The summed E-state index contributed by atoms with van der Waals surface area (Å²) in [6.07, 6.45) is 6.46. The zero-order valence-electron chi connectivity index (χ0n) is 10.2. The monoisotopic (exact) mass is 263 g/mol. The summed E-state index contributed by atoms with van der Waals surface area (Å²) >= 11 is 0. The van der Waals surface area contributed by atoms with E-state index in [1.165, 1.54) is 6.42 Å². The smallest absolute Gasteiger partial charge is 0.184 e. The first kappa shape index (κ1) is 12.0. The van der Waals surface area contributed by atoms with Crippen LogP contribution in [0.5, 0.6) is 0 Å². The van der Waals surface area contributed by atoms with Crippen molar-refractivity contribution in [1.29, 1.82) is 0 Å². The lowest BCUT2D eigenvalue weighted by molar-refractivity contribution is 0.0890. The van der Waals surface area contributed by atoms with Gasteiger partial charge in [-0.3, -0.25) is 14.0 Å². The van der Waals surface area contributed by atoms with Crippen LogP contribution in [-0.4, -0.2) is 25.5 Å². The Bertz CT molecular complexity index is 458. The molecule has 0 aliphatic carbocycles. The minimum Gasteiger partial charge on any atom is -0.292 e.